The Balaban J connectivity index is 1.72. The number of rotatable bonds is 7. The molecule has 0 spiro atoms. The average molecular weight is 292 g/mol. The quantitative estimate of drug-likeness (QED) is 0.789. The van der Waals surface area contributed by atoms with Crippen molar-refractivity contribution in [2.75, 3.05) is 13.2 Å². The topological polar surface area (TPSA) is 29.5 Å². The molecule has 0 aliphatic heterocycles. The van der Waals surface area contributed by atoms with E-state index < -0.39 is 17.7 Å². The van der Waals surface area contributed by atoms with Gasteiger partial charge < -0.3 is 9.84 Å². The zero-order valence-electron chi connectivity index (χ0n) is 11.6. The highest BCUT2D eigenvalue weighted by Crippen LogP contribution is 2.19. The molecule has 2 aromatic carbocycles. The minimum absolute atomic E-state index is 0.0465. The van der Waals surface area contributed by atoms with Crippen LogP contribution >= 0.6 is 0 Å². The van der Waals surface area contributed by atoms with E-state index in [9.17, 15) is 13.9 Å². The molecule has 1 atom stereocenters. The average Bonchev–Trinajstić information content (AvgIpc) is 2.50. The van der Waals surface area contributed by atoms with Gasteiger partial charge in [0.1, 0.15) is 6.10 Å². The zero-order chi connectivity index (χ0) is 15.1. The molecule has 0 aliphatic carbocycles. The van der Waals surface area contributed by atoms with Gasteiger partial charge in [-0.1, -0.05) is 42.5 Å². The highest BCUT2D eigenvalue weighted by Gasteiger charge is 2.15. The lowest BCUT2D eigenvalue weighted by molar-refractivity contribution is 0.0331. The summed E-state index contributed by atoms with van der Waals surface area (Å²) in [5.41, 5.74) is 1.15. The summed E-state index contributed by atoms with van der Waals surface area (Å²) < 4.78 is 31.8. The molecular weight excluding hydrogens is 274 g/mol. The van der Waals surface area contributed by atoms with Gasteiger partial charge in [0.05, 0.1) is 6.61 Å². The summed E-state index contributed by atoms with van der Waals surface area (Å²) in [4.78, 5) is 0. The van der Waals surface area contributed by atoms with E-state index in [1.165, 1.54) is 17.7 Å². The fraction of sp³-hybridized carbons (Fsp3) is 0.294. The minimum Gasteiger partial charge on any atom is -0.386 e. The van der Waals surface area contributed by atoms with E-state index in [1.54, 1.807) is 0 Å². The van der Waals surface area contributed by atoms with Crippen LogP contribution in [-0.4, -0.2) is 18.3 Å². The summed E-state index contributed by atoms with van der Waals surface area (Å²) in [6.07, 6.45) is 0.533. The number of benzene rings is 2. The molecule has 0 radical (unpaired) electrons. The van der Waals surface area contributed by atoms with E-state index >= 15 is 0 Å². The summed E-state index contributed by atoms with van der Waals surface area (Å²) in [6.45, 7) is 0.415. The number of aryl methyl sites for hydroxylation is 1. The van der Waals surface area contributed by atoms with E-state index in [1.807, 2.05) is 30.3 Å². The molecule has 4 heteroatoms. The molecule has 0 saturated carbocycles. The van der Waals surface area contributed by atoms with Crippen molar-refractivity contribution < 1.29 is 18.6 Å². The first kappa shape index (κ1) is 15.6. The van der Waals surface area contributed by atoms with Gasteiger partial charge in [0.25, 0.3) is 0 Å². The Kier molecular flexibility index (Phi) is 5.84. The fourth-order valence-corrected chi connectivity index (χ4v) is 2.09. The SMILES string of the molecule is OC(COCCCc1ccccc1)c1cccc(F)c1F. The highest BCUT2D eigenvalue weighted by molar-refractivity contribution is 5.21. The Morgan fingerprint density at radius 2 is 1.76 bits per heavy atom. The molecule has 0 fully saturated rings. The second-order valence-corrected chi connectivity index (χ2v) is 4.82. The molecule has 2 rings (SSSR count). The lowest BCUT2D eigenvalue weighted by atomic mass is 10.1. The minimum atomic E-state index is -1.16. The lowest BCUT2D eigenvalue weighted by Crippen LogP contribution is -2.11. The first-order valence-electron chi connectivity index (χ1n) is 6.92. The fourth-order valence-electron chi connectivity index (χ4n) is 2.09. The summed E-state index contributed by atoms with van der Waals surface area (Å²) >= 11 is 0. The van der Waals surface area contributed by atoms with Gasteiger partial charge >= 0.3 is 0 Å². The van der Waals surface area contributed by atoms with Gasteiger partial charge in [-0.25, -0.2) is 8.78 Å². The molecule has 112 valence electrons. The lowest BCUT2D eigenvalue weighted by Gasteiger charge is -2.12. The van der Waals surface area contributed by atoms with Crippen molar-refractivity contribution >= 4 is 0 Å². The molecule has 1 N–H and O–H groups in total. The van der Waals surface area contributed by atoms with Gasteiger partial charge in [-0.3, -0.25) is 0 Å². The Hall–Kier alpha value is -1.78. The third kappa shape index (κ3) is 4.62. The van der Waals surface area contributed by atoms with E-state index in [4.69, 9.17) is 4.74 Å². The smallest absolute Gasteiger partial charge is 0.164 e. The molecular formula is C17H18F2O2. The Labute approximate surface area is 123 Å². The third-order valence-corrected chi connectivity index (χ3v) is 3.21. The molecule has 0 heterocycles. The number of halogens is 2. The van der Waals surface area contributed by atoms with Crippen molar-refractivity contribution in [3.8, 4) is 0 Å². The van der Waals surface area contributed by atoms with Gasteiger partial charge in [-0.05, 0) is 24.5 Å². The first-order chi connectivity index (χ1) is 10.2. The number of aliphatic hydroxyl groups is 1. The van der Waals surface area contributed by atoms with Crippen LogP contribution in [0.2, 0.25) is 0 Å². The number of hydrogen-bond donors (Lipinski definition) is 1. The molecule has 0 aromatic heterocycles. The van der Waals surface area contributed by atoms with Crippen LogP contribution in [0, 0.1) is 11.6 Å². The Morgan fingerprint density at radius 3 is 2.52 bits per heavy atom. The van der Waals surface area contributed by atoms with Crippen molar-refractivity contribution in [1.82, 2.24) is 0 Å². The second kappa shape index (κ2) is 7.86. The Morgan fingerprint density at radius 1 is 1.00 bits per heavy atom. The largest absolute Gasteiger partial charge is 0.386 e. The van der Waals surface area contributed by atoms with Crippen molar-refractivity contribution in [1.29, 1.82) is 0 Å². The van der Waals surface area contributed by atoms with Gasteiger partial charge in [-0.2, -0.15) is 0 Å². The number of hydrogen-bond acceptors (Lipinski definition) is 2. The molecule has 0 bridgehead atoms. The maximum atomic E-state index is 13.5. The van der Waals surface area contributed by atoms with Crippen molar-refractivity contribution in [3.63, 3.8) is 0 Å². The molecule has 1 unspecified atom stereocenters. The maximum Gasteiger partial charge on any atom is 0.164 e. The monoisotopic (exact) mass is 292 g/mol. The van der Waals surface area contributed by atoms with Crippen LogP contribution < -0.4 is 0 Å². The molecule has 2 nitrogen and oxygen atoms in total. The molecule has 21 heavy (non-hydrogen) atoms. The third-order valence-electron chi connectivity index (χ3n) is 3.21. The first-order valence-corrected chi connectivity index (χ1v) is 6.92. The van der Waals surface area contributed by atoms with E-state index in [0.717, 1.165) is 18.9 Å². The standard InChI is InChI=1S/C17H18F2O2/c18-15-10-4-9-14(17(15)19)16(20)12-21-11-5-8-13-6-2-1-3-7-13/h1-4,6-7,9-10,16,20H,5,8,11-12H2. The Bertz CT molecular complexity index is 558. The summed E-state index contributed by atoms with van der Waals surface area (Å²) in [6, 6.07) is 13.7. The van der Waals surface area contributed by atoms with Crippen LogP contribution in [0.3, 0.4) is 0 Å². The van der Waals surface area contributed by atoms with E-state index in [-0.39, 0.29) is 12.2 Å². The van der Waals surface area contributed by atoms with Gasteiger partial charge in [0.15, 0.2) is 11.6 Å². The molecule has 0 aliphatic rings. The van der Waals surface area contributed by atoms with Crippen LogP contribution in [0.4, 0.5) is 8.78 Å². The van der Waals surface area contributed by atoms with Crippen molar-refractivity contribution in [2.24, 2.45) is 0 Å². The zero-order valence-corrected chi connectivity index (χ0v) is 11.6. The van der Waals surface area contributed by atoms with Crippen molar-refractivity contribution in [3.05, 3.63) is 71.3 Å². The van der Waals surface area contributed by atoms with Gasteiger partial charge in [-0.15, -0.1) is 0 Å². The number of ether oxygens (including phenoxy) is 1. The predicted molar refractivity (Wildman–Crippen MR) is 76.9 cm³/mol. The van der Waals surface area contributed by atoms with Crippen LogP contribution in [0.15, 0.2) is 48.5 Å². The van der Waals surface area contributed by atoms with Crippen LogP contribution in [0.5, 0.6) is 0 Å². The highest BCUT2D eigenvalue weighted by atomic mass is 19.2. The van der Waals surface area contributed by atoms with E-state index in [0.29, 0.717) is 6.61 Å². The molecule has 0 amide bonds. The molecule has 0 saturated heterocycles. The summed E-state index contributed by atoms with van der Waals surface area (Å²) in [5.74, 6) is -1.98. The van der Waals surface area contributed by atoms with E-state index in [2.05, 4.69) is 0 Å². The van der Waals surface area contributed by atoms with Crippen LogP contribution in [-0.2, 0) is 11.2 Å². The van der Waals surface area contributed by atoms with Gasteiger partial charge in [0, 0.05) is 12.2 Å². The summed E-state index contributed by atoms with van der Waals surface area (Å²) in [7, 11) is 0. The molecule has 2 aromatic rings. The second-order valence-electron chi connectivity index (χ2n) is 4.82. The summed E-state index contributed by atoms with van der Waals surface area (Å²) in [5, 5.41) is 9.81. The number of aliphatic hydroxyl groups excluding tert-OH is 1. The normalized spacial score (nSPS) is 12.3. The van der Waals surface area contributed by atoms with Crippen LogP contribution in [0.25, 0.3) is 0 Å². The predicted octanol–water partition coefficient (Wildman–Crippen LogP) is 3.65. The van der Waals surface area contributed by atoms with Crippen molar-refractivity contribution in [2.45, 2.75) is 18.9 Å². The van der Waals surface area contributed by atoms with Crippen LogP contribution in [0.1, 0.15) is 23.7 Å². The van der Waals surface area contributed by atoms with Gasteiger partial charge in [0.2, 0.25) is 0 Å². The maximum absolute atomic E-state index is 13.5.